The van der Waals surface area contributed by atoms with Crippen LogP contribution in [0, 0.1) is 0 Å². The van der Waals surface area contributed by atoms with Crippen LogP contribution in [0.1, 0.15) is 36.6 Å². The van der Waals surface area contributed by atoms with E-state index in [9.17, 15) is 4.79 Å². The molecule has 3 atom stereocenters. The van der Waals surface area contributed by atoms with Crippen LogP contribution in [-0.4, -0.2) is 36.1 Å². The smallest absolute Gasteiger partial charge is 0.245 e. The number of nitrogens with zero attached hydrogens (tertiary/aromatic N) is 1. The number of benzene rings is 1. The Hall–Kier alpha value is -1.06. The molecule has 1 aromatic carbocycles. The van der Waals surface area contributed by atoms with Crippen molar-refractivity contribution in [1.82, 2.24) is 4.90 Å². The molecule has 0 aromatic heterocycles. The molecular formula is C16H20ClNO2. The highest BCUT2D eigenvalue weighted by atomic mass is 35.5. The van der Waals surface area contributed by atoms with Crippen molar-refractivity contribution in [3.63, 3.8) is 0 Å². The van der Waals surface area contributed by atoms with E-state index in [0.29, 0.717) is 13.2 Å². The molecule has 0 radical (unpaired) electrons. The molecule has 0 spiro atoms. The van der Waals surface area contributed by atoms with Crippen molar-refractivity contribution in [2.75, 3.05) is 13.2 Å². The fourth-order valence-corrected chi connectivity index (χ4v) is 3.55. The molecule has 2 fully saturated rings. The molecule has 1 aliphatic carbocycles. The van der Waals surface area contributed by atoms with E-state index in [4.69, 9.17) is 16.3 Å². The van der Waals surface area contributed by atoms with Crippen LogP contribution in [0.15, 0.2) is 30.3 Å². The van der Waals surface area contributed by atoms with Gasteiger partial charge in [0.2, 0.25) is 5.91 Å². The van der Waals surface area contributed by atoms with Gasteiger partial charge in [0.1, 0.15) is 5.38 Å². The maximum absolute atomic E-state index is 12.7. The van der Waals surface area contributed by atoms with E-state index in [-0.39, 0.29) is 18.1 Å². The average Bonchev–Trinajstić information content (AvgIpc) is 2.54. The Morgan fingerprint density at radius 2 is 2.00 bits per heavy atom. The second-order valence-electron chi connectivity index (χ2n) is 5.57. The van der Waals surface area contributed by atoms with E-state index < -0.39 is 5.38 Å². The molecule has 3 unspecified atom stereocenters. The first-order chi connectivity index (χ1) is 9.77. The molecule has 1 aromatic rings. The molecule has 1 amide bonds. The Labute approximate surface area is 124 Å². The van der Waals surface area contributed by atoms with Crippen molar-refractivity contribution in [3.05, 3.63) is 35.9 Å². The average molecular weight is 294 g/mol. The van der Waals surface area contributed by atoms with Gasteiger partial charge < -0.3 is 9.64 Å². The number of rotatable bonds is 2. The second kappa shape index (κ2) is 6.15. The summed E-state index contributed by atoms with van der Waals surface area (Å²) in [5.74, 6) is 0.0260. The van der Waals surface area contributed by atoms with Crippen molar-refractivity contribution in [2.45, 2.75) is 43.2 Å². The topological polar surface area (TPSA) is 29.5 Å². The van der Waals surface area contributed by atoms with Gasteiger partial charge >= 0.3 is 0 Å². The fourth-order valence-electron chi connectivity index (χ4n) is 3.28. The monoisotopic (exact) mass is 293 g/mol. The van der Waals surface area contributed by atoms with E-state index in [2.05, 4.69) is 0 Å². The highest BCUT2D eigenvalue weighted by Crippen LogP contribution is 2.32. The summed E-state index contributed by atoms with van der Waals surface area (Å²) in [6, 6.07) is 9.81. The fraction of sp³-hybridized carbons (Fsp3) is 0.562. The van der Waals surface area contributed by atoms with Crippen LogP contribution in [0.3, 0.4) is 0 Å². The van der Waals surface area contributed by atoms with Crippen LogP contribution in [0.2, 0.25) is 0 Å². The Morgan fingerprint density at radius 1 is 1.25 bits per heavy atom. The third kappa shape index (κ3) is 2.70. The molecule has 1 aliphatic heterocycles. The number of ether oxygens (including phenoxy) is 1. The predicted molar refractivity (Wildman–Crippen MR) is 78.7 cm³/mol. The molecule has 108 valence electrons. The van der Waals surface area contributed by atoms with Gasteiger partial charge in [-0.05, 0) is 18.4 Å². The van der Waals surface area contributed by atoms with Crippen molar-refractivity contribution < 1.29 is 9.53 Å². The number of carbonyl (C=O) groups is 1. The van der Waals surface area contributed by atoms with Crippen molar-refractivity contribution in [2.24, 2.45) is 0 Å². The summed E-state index contributed by atoms with van der Waals surface area (Å²) in [6.45, 7) is 1.29. The van der Waals surface area contributed by atoms with Gasteiger partial charge in [0.05, 0.1) is 18.8 Å². The summed E-state index contributed by atoms with van der Waals surface area (Å²) in [5.41, 5.74) is 0.873. The van der Waals surface area contributed by atoms with Gasteiger partial charge in [-0.25, -0.2) is 0 Å². The molecule has 0 bridgehead atoms. The molecule has 20 heavy (non-hydrogen) atoms. The summed E-state index contributed by atoms with van der Waals surface area (Å²) in [5, 5.41) is -0.586. The van der Waals surface area contributed by atoms with Crippen LogP contribution in [0.5, 0.6) is 0 Å². The first kappa shape index (κ1) is 13.9. The lowest BCUT2D eigenvalue weighted by molar-refractivity contribution is -0.149. The summed E-state index contributed by atoms with van der Waals surface area (Å²) in [4.78, 5) is 14.6. The van der Waals surface area contributed by atoms with Gasteiger partial charge in [-0.2, -0.15) is 0 Å². The van der Waals surface area contributed by atoms with Crippen molar-refractivity contribution >= 4 is 17.5 Å². The van der Waals surface area contributed by atoms with Gasteiger partial charge in [0, 0.05) is 6.54 Å². The van der Waals surface area contributed by atoms with E-state index in [1.54, 1.807) is 0 Å². The first-order valence-corrected chi connectivity index (χ1v) is 7.82. The molecule has 4 heteroatoms. The SMILES string of the molecule is O=C(C(Cl)c1ccccc1)N1CCOC2CCCCC21. The highest BCUT2D eigenvalue weighted by molar-refractivity contribution is 6.30. The molecule has 1 saturated heterocycles. The second-order valence-corrected chi connectivity index (χ2v) is 6.00. The number of carbonyl (C=O) groups excluding carboxylic acids is 1. The molecular weight excluding hydrogens is 274 g/mol. The van der Waals surface area contributed by atoms with E-state index in [1.165, 1.54) is 12.8 Å². The lowest BCUT2D eigenvalue weighted by Gasteiger charge is -2.44. The summed E-state index contributed by atoms with van der Waals surface area (Å²) >= 11 is 6.39. The van der Waals surface area contributed by atoms with E-state index in [0.717, 1.165) is 18.4 Å². The minimum absolute atomic E-state index is 0.0260. The summed E-state index contributed by atoms with van der Waals surface area (Å²) in [6.07, 6.45) is 4.68. The third-order valence-corrected chi connectivity index (χ3v) is 4.76. The lowest BCUT2D eigenvalue weighted by Crippen LogP contribution is -2.55. The van der Waals surface area contributed by atoms with Crippen LogP contribution < -0.4 is 0 Å². The van der Waals surface area contributed by atoms with Gasteiger partial charge in [-0.3, -0.25) is 4.79 Å². The number of fused-ring (bicyclic) bond motifs is 1. The standard InChI is InChI=1S/C16H20ClNO2/c17-15(12-6-2-1-3-7-12)16(19)18-10-11-20-14-9-5-4-8-13(14)18/h1-3,6-7,13-15H,4-5,8-11H2. The summed E-state index contributed by atoms with van der Waals surface area (Å²) < 4.78 is 5.81. The van der Waals surface area contributed by atoms with Crippen LogP contribution in [0.4, 0.5) is 0 Å². The molecule has 1 heterocycles. The Balaban J connectivity index is 1.75. The number of hydrogen-bond donors (Lipinski definition) is 0. The predicted octanol–water partition coefficient (Wildman–Crippen LogP) is 3.14. The minimum atomic E-state index is -0.586. The highest BCUT2D eigenvalue weighted by Gasteiger charge is 2.38. The maximum Gasteiger partial charge on any atom is 0.245 e. The Bertz CT molecular complexity index is 463. The van der Waals surface area contributed by atoms with E-state index in [1.807, 2.05) is 35.2 Å². The normalized spacial score (nSPS) is 27.8. The number of morpholine rings is 1. The van der Waals surface area contributed by atoms with E-state index >= 15 is 0 Å². The van der Waals surface area contributed by atoms with Crippen LogP contribution in [-0.2, 0) is 9.53 Å². The number of hydrogen-bond acceptors (Lipinski definition) is 2. The number of halogens is 1. The molecule has 3 rings (SSSR count). The Morgan fingerprint density at radius 3 is 2.80 bits per heavy atom. The van der Waals surface area contributed by atoms with Crippen LogP contribution in [0.25, 0.3) is 0 Å². The molecule has 3 nitrogen and oxygen atoms in total. The molecule has 0 N–H and O–H groups in total. The van der Waals surface area contributed by atoms with Gasteiger partial charge in [-0.1, -0.05) is 43.2 Å². The largest absolute Gasteiger partial charge is 0.374 e. The molecule has 2 aliphatic rings. The van der Waals surface area contributed by atoms with Gasteiger partial charge in [0.25, 0.3) is 0 Å². The van der Waals surface area contributed by atoms with Gasteiger partial charge in [-0.15, -0.1) is 11.6 Å². The molecule has 1 saturated carbocycles. The van der Waals surface area contributed by atoms with Crippen molar-refractivity contribution in [1.29, 1.82) is 0 Å². The number of amides is 1. The lowest BCUT2D eigenvalue weighted by atomic mass is 9.89. The minimum Gasteiger partial charge on any atom is -0.374 e. The van der Waals surface area contributed by atoms with Crippen LogP contribution >= 0.6 is 11.6 Å². The van der Waals surface area contributed by atoms with Crippen molar-refractivity contribution in [3.8, 4) is 0 Å². The quantitative estimate of drug-likeness (QED) is 0.784. The number of alkyl halides is 1. The summed E-state index contributed by atoms with van der Waals surface area (Å²) in [7, 11) is 0. The van der Waals surface area contributed by atoms with Gasteiger partial charge in [0.15, 0.2) is 0 Å². The third-order valence-electron chi connectivity index (χ3n) is 4.32. The zero-order chi connectivity index (χ0) is 13.9. The maximum atomic E-state index is 12.7. The Kier molecular flexibility index (Phi) is 4.27. The zero-order valence-electron chi connectivity index (χ0n) is 11.5. The first-order valence-electron chi connectivity index (χ1n) is 7.38. The zero-order valence-corrected chi connectivity index (χ0v) is 12.3.